The summed E-state index contributed by atoms with van der Waals surface area (Å²) < 4.78 is 0. The SMILES string of the molecule is CC.CC(=O)c1ccccc1.CO. The molecule has 2 heteroatoms. The Morgan fingerprint density at radius 2 is 1.46 bits per heavy atom. The molecule has 2 nitrogen and oxygen atoms in total. The lowest BCUT2D eigenvalue weighted by Crippen LogP contribution is -1.88. The molecule has 0 heterocycles. The predicted molar refractivity (Wildman–Crippen MR) is 55.9 cm³/mol. The largest absolute Gasteiger partial charge is 0.400 e. The van der Waals surface area contributed by atoms with Crippen molar-refractivity contribution in [1.29, 1.82) is 0 Å². The number of hydrogen-bond donors (Lipinski definition) is 1. The van der Waals surface area contributed by atoms with Gasteiger partial charge in [0.05, 0.1) is 0 Å². The number of hydrogen-bond acceptors (Lipinski definition) is 2. The molecule has 0 amide bonds. The maximum absolute atomic E-state index is 10.6. The van der Waals surface area contributed by atoms with Crippen LogP contribution in [0.15, 0.2) is 30.3 Å². The quantitative estimate of drug-likeness (QED) is 0.678. The summed E-state index contributed by atoms with van der Waals surface area (Å²) in [6, 6.07) is 9.23. The van der Waals surface area contributed by atoms with Gasteiger partial charge in [0.2, 0.25) is 0 Å². The van der Waals surface area contributed by atoms with Crippen molar-refractivity contribution in [3.8, 4) is 0 Å². The molecule has 0 saturated heterocycles. The van der Waals surface area contributed by atoms with Gasteiger partial charge in [0.25, 0.3) is 0 Å². The van der Waals surface area contributed by atoms with Crippen LogP contribution in [-0.2, 0) is 0 Å². The van der Waals surface area contributed by atoms with Crippen molar-refractivity contribution in [3.63, 3.8) is 0 Å². The third-order valence-corrected chi connectivity index (χ3v) is 1.18. The van der Waals surface area contributed by atoms with E-state index >= 15 is 0 Å². The van der Waals surface area contributed by atoms with Crippen LogP contribution in [0.1, 0.15) is 31.1 Å². The van der Waals surface area contributed by atoms with Crippen LogP contribution < -0.4 is 0 Å². The van der Waals surface area contributed by atoms with Gasteiger partial charge >= 0.3 is 0 Å². The van der Waals surface area contributed by atoms with Gasteiger partial charge in [-0.05, 0) is 6.92 Å². The van der Waals surface area contributed by atoms with Crippen LogP contribution >= 0.6 is 0 Å². The van der Waals surface area contributed by atoms with E-state index in [9.17, 15) is 4.79 Å². The topological polar surface area (TPSA) is 37.3 Å². The Hall–Kier alpha value is -1.15. The Kier molecular flexibility index (Phi) is 12.0. The molecule has 1 rings (SSSR count). The first-order valence-electron chi connectivity index (χ1n) is 4.31. The highest BCUT2D eigenvalue weighted by molar-refractivity contribution is 5.93. The molecule has 0 atom stereocenters. The van der Waals surface area contributed by atoms with Crippen molar-refractivity contribution in [2.75, 3.05) is 7.11 Å². The molecule has 1 N–H and O–H groups in total. The van der Waals surface area contributed by atoms with Crippen LogP contribution in [-0.4, -0.2) is 18.0 Å². The van der Waals surface area contributed by atoms with Crippen molar-refractivity contribution in [1.82, 2.24) is 0 Å². The normalized spacial score (nSPS) is 7.15. The Labute approximate surface area is 80.2 Å². The summed E-state index contributed by atoms with van der Waals surface area (Å²) >= 11 is 0. The number of ketones is 1. The Morgan fingerprint density at radius 3 is 1.69 bits per heavy atom. The molecule has 0 radical (unpaired) electrons. The minimum Gasteiger partial charge on any atom is -0.400 e. The summed E-state index contributed by atoms with van der Waals surface area (Å²) in [6.45, 7) is 5.56. The zero-order chi connectivity index (χ0) is 10.7. The van der Waals surface area contributed by atoms with Gasteiger partial charge in [-0.15, -0.1) is 0 Å². The van der Waals surface area contributed by atoms with E-state index in [-0.39, 0.29) is 5.78 Å². The minimum absolute atomic E-state index is 0.121. The van der Waals surface area contributed by atoms with Gasteiger partial charge < -0.3 is 5.11 Å². The molecular formula is C11H18O2. The summed E-state index contributed by atoms with van der Waals surface area (Å²) in [5.41, 5.74) is 0.775. The van der Waals surface area contributed by atoms with Gasteiger partial charge in [0, 0.05) is 12.7 Å². The van der Waals surface area contributed by atoms with Crippen LogP contribution in [0.3, 0.4) is 0 Å². The van der Waals surface area contributed by atoms with Gasteiger partial charge in [-0.25, -0.2) is 0 Å². The Bertz CT molecular complexity index is 205. The minimum atomic E-state index is 0.121. The van der Waals surface area contributed by atoms with Crippen molar-refractivity contribution >= 4 is 5.78 Å². The molecule has 0 fully saturated rings. The second kappa shape index (κ2) is 10.8. The van der Waals surface area contributed by atoms with Gasteiger partial charge in [0.15, 0.2) is 5.78 Å². The molecule has 74 valence electrons. The zero-order valence-corrected chi connectivity index (χ0v) is 8.74. The lowest BCUT2D eigenvalue weighted by atomic mass is 10.2. The van der Waals surface area contributed by atoms with Crippen molar-refractivity contribution in [2.24, 2.45) is 0 Å². The highest BCUT2D eigenvalue weighted by atomic mass is 16.2. The van der Waals surface area contributed by atoms with Gasteiger partial charge in [-0.2, -0.15) is 0 Å². The van der Waals surface area contributed by atoms with Crippen LogP contribution in [0.25, 0.3) is 0 Å². The lowest BCUT2D eigenvalue weighted by molar-refractivity contribution is 0.101. The molecule has 13 heavy (non-hydrogen) atoms. The van der Waals surface area contributed by atoms with Gasteiger partial charge in [-0.3, -0.25) is 4.79 Å². The van der Waals surface area contributed by atoms with Crippen molar-refractivity contribution in [3.05, 3.63) is 35.9 Å². The number of aliphatic hydroxyl groups is 1. The third kappa shape index (κ3) is 7.22. The molecule has 0 aliphatic heterocycles. The fraction of sp³-hybridized carbons (Fsp3) is 0.364. The second-order valence-corrected chi connectivity index (χ2v) is 1.92. The van der Waals surface area contributed by atoms with E-state index in [4.69, 9.17) is 5.11 Å². The van der Waals surface area contributed by atoms with E-state index in [0.717, 1.165) is 12.7 Å². The smallest absolute Gasteiger partial charge is 0.159 e. The van der Waals surface area contributed by atoms with E-state index in [2.05, 4.69) is 0 Å². The van der Waals surface area contributed by atoms with E-state index in [1.54, 1.807) is 6.92 Å². The standard InChI is InChI=1S/C8H8O.C2H6.CH4O/c1-7(9)8-5-3-2-4-6-8;2*1-2/h2-6H,1H3;1-2H3;2H,1H3. The highest BCUT2D eigenvalue weighted by Gasteiger charge is 1.92. The molecule has 0 unspecified atom stereocenters. The van der Waals surface area contributed by atoms with Crippen molar-refractivity contribution in [2.45, 2.75) is 20.8 Å². The maximum Gasteiger partial charge on any atom is 0.159 e. The second-order valence-electron chi connectivity index (χ2n) is 1.92. The molecule has 0 spiro atoms. The molecule has 0 aliphatic rings. The first-order valence-corrected chi connectivity index (χ1v) is 4.31. The summed E-state index contributed by atoms with van der Waals surface area (Å²) in [5, 5.41) is 7.00. The number of aliphatic hydroxyl groups excluding tert-OH is 1. The summed E-state index contributed by atoms with van der Waals surface area (Å²) in [4.78, 5) is 10.6. The molecule has 0 saturated carbocycles. The average molecular weight is 182 g/mol. The molecule has 0 aliphatic carbocycles. The highest BCUT2D eigenvalue weighted by Crippen LogP contribution is 1.97. The number of rotatable bonds is 1. The number of Topliss-reactive ketones (excluding diaryl/α,β-unsaturated/α-hetero) is 1. The first kappa shape index (κ1) is 14.4. The fourth-order valence-corrected chi connectivity index (χ4v) is 0.673. The predicted octanol–water partition coefficient (Wildman–Crippen LogP) is 2.52. The van der Waals surface area contributed by atoms with E-state index < -0.39 is 0 Å². The van der Waals surface area contributed by atoms with Crippen LogP contribution in [0.4, 0.5) is 0 Å². The Balaban J connectivity index is 0. The van der Waals surface area contributed by atoms with Gasteiger partial charge in [0.1, 0.15) is 0 Å². The van der Waals surface area contributed by atoms with E-state index in [1.165, 1.54) is 0 Å². The maximum atomic E-state index is 10.6. The summed E-state index contributed by atoms with van der Waals surface area (Å²) in [5.74, 6) is 0.121. The van der Waals surface area contributed by atoms with Crippen LogP contribution in [0.2, 0.25) is 0 Å². The Morgan fingerprint density at radius 1 is 1.08 bits per heavy atom. The number of carbonyl (C=O) groups is 1. The monoisotopic (exact) mass is 182 g/mol. The van der Waals surface area contributed by atoms with E-state index in [0.29, 0.717) is 0 Å². The van der Waals surface area contributed by atoms with Crippen LogP contribution in [0.5, 0.6) is 0 Å². The lowest BCUT2D eigenvalue weighted by Gasteiger charge is -1.89. The van der Waals surface area contributed by atoms with Crippen LogP contribution in [0, 0.1) is 0 Å². The van der Waals surface area contributed by atoms with E-state index in [1.807, 2.05) is 44.2 Å². The summed E-state index contributed by atoms with van der Waals surface area (Å²) in [6.07, 6.45) is 0. The molecular weight excluding hydrogens is 164 g/mol. The van der Waals surface area contributed by atoms with Gasteiger partial charge in [-0.1, -0.05) is 44.2 Å². The van der Waals surface area contributed by atoms with Crippen molar-refractivity contribution < 1.29 is 9.90 Å². The number of benzene rings is 1. The molecule has 1 aromatic carbocycles. The molecule has 1 aromatic rings. The summed E-state index contributed by atoms with van der Waals surface area (Å²) in [7, 11) is 1.00. The fourth-order valence-electron chi connectivity index (χ4n) is 0.673. The third-order valence-electron chi connectivity index (χ3n) is 1.18. The first-order chi connectivity index (χ1) is 6.30. The zero-order valence-electron chi connectivity index (χ0n) is 8.74. The molecule has 0 bridgehead atoms. The molecule has 0 aromatic heterocycles. The number of carbonyl (C=O) groups excluding carboxylic acids is 1. The average Bonchev–Trinajstić information content (AvgIpc) is 2.25.